The summed E-state index contributed by atoms with van der Waals surface area (Å²) in [5.41, 5.74) is -4.32. The molecule has 0 aliphatic carbocycles. The van der Waals surface area contributed by atoms with Gasteiger partial charge in [0.25, 0.3) is 11.9 Å². The molecule has 4 N–H and O–H groups in total. The van der Waals surface area contributed by atoms with Gasteiger partial charge in [0.15, 0.2) is 0 Å². The lowest BCUT2D eigenvalue weighted by atomic mass is 10.4. The zero-order chi connectivity index (χ0) is 15.4. The van der Waals surface area contributed by atoms with E-state index in [9.17, 15) is 13.2 Å². The van der Waals surface area contributed by atoms with Gasteiger partial charge in [-0.2, -0.15) is 13.2 Å². The molecular formula is C8H15F3O6S. The Balaban J connectivity index is -0.000000233. The van der Waals surface area contributed by atoms with Crippen LogP contribution in [0.4, 0.5) is 13.2 Å². The fraction of sp³-hybridized carbons (Fsp3) is 0.750. The van der Waals surface area contributed by atoms with Crippen LogP contribution in [0.5, 0.6) is 0 Å². The van der Waals surface area contributed by atoms with E-state index in [4.69, 9.17) is 30.0 Å². The Hall–Kier alpha value is -1.00. The summed E-state index contributed by atoms with van der Waals surface area (Å²) in [5, 5.41) is 31.4. The van der Waals surface area contributed by atoms with E-state index < -0.39 is 35.9 Å². The first-order chi connectivity index (χ1) is 7.92. The van der Waals surface area contributed by atoms with Crippen LogP contribution < -0.4 is 0 Å². The van der Waals surface area contributed by atoms with Crippen LogP contribution in [-0.2, 0) is 9.59 Å². The van der Waals surface area contributed by atoms with Crippen LogP contribution in [-0.4, -0.2) is 56.3 Å². The third-order valence-corrected chi connectivity index (χ3v) is 1.53. The number of aliphatic hydroxyl groups is 2. The van der Waals surface area contributed by atoms with Gasteiger partial charge in [0.05, 0.1) is 12.7 Å². The Kier molecular flexibility index (Phi) is 15.4. The lowest BCUT2D eigenvalue weighted by molar-refractivity contribution is -0.135. The zero-order valence-corrected chi connectivity index (χ0v) is 10.5. The van der Waals surface area contributed by atoms with Crippen molar-refractivity contribution in [2.45, 2.75) is 25.5 Å². The van der Waals surface area contributed by atoms with Crippen LogP contribution in [0.3, 0.4) is 0 Å². The number of carboxylic acid groups (broad SMARTS) is 2. The molecule has 0 aromatic carbocycles. The van der Waals surface area contributed by atoms with E-state index in [0.29, 0.717) is 0 Å². The SMILES string of the molecule is CC(=O)O.CC(=O)O.OCC(O)CSC(F)(F)F. The number of alkyl halides is 3. The summed E-state index contributed by atoms with van der Waals surface area (Å²) >= 11 is -0.344. The number of hydrogen-bond donors (Lipinski definition) is 4. The van der Waals surface area contributed by atoms with Crippen molar-refractivity contribution >= 4 is 23.7 Å². The molecule has 0 amide bonds. The monoisotopic (exact) mass is 296 g/mol. The Labute approximate surface area is 105 Å². The standard InChI is InChI=1S/C4H7F3O2S.2C2H4O2/c5-4(6,7)10-2-3(9)1-8;2*1-2(3)4/h3,8-9H,1-2H2;2*1H3,(H,3,4). The molecule has 0 saturated heterocycles. The summed E-state index contributed by atoms with van der Waals surface area (Å²) < 4.78 is 34.0. The molecule has 10 heteroatoms. The van der Waals surface area contributed by atoms with Crippen molar-refractivity contribution in [1.82, 2.24) is 0 Å². The number of rotatable bonds is 3. The quantitative estimate of drug-likeness (QED) is 0.608. The second kappa shape index (κ2) is 12.5. The van der Waals surface area contributed by atoms with Gasteiger partial charge in [-0.25, -0.2) is 0 Å². The number of carbonyl (C=O) groups is 2. The highest BCUT2D eigenvalue weighted by molar-refractivity contribution is 8.00. The number of thioether (sulfide) groups is 1. The summed E-state index contributed by atoms with van der Waals surface area (Å²) in [6.45, 7) is 1.53. The van der Waals surface area contributed by atoms with Crippen molar-refractivity contribution in [2.75, 3.05) is 12.4 Å². The van der Waals surface area contributed by atoms with Crippen molar-refractivity contribution < 1.29 is 43.2 Å². The second-order valence-electron chi connectivity index (χ2n) is 2.63. The fourth-order valence-corrected chi connectivity index (χ4v) is 0.730. The van der Waals surface area contributed by atoms with Crippen LogP contribution in [0.15, 0.2) is 0 Å². The Bertz CT molecular complexity index is 213. The van der Waals surface area contributed by atoms with Gasteiger partial charge in [0.2, 0.25) is 0 Å². The lowest BCUT2D eigenvalue weighted by Gasteiger charge is -2.07. The van der Waals surface area contributed by atoms with Crippen molar-refractivity contribution in [3.8, 4) is 0 Å². The van der Waals surface area contributed by atoms with Gasteiger partial charge in [0, 0.05) is 19.6 Å². The molecule has 0 radical (unpaired) electrons. The number of hydrogen-bond acceptors (Lipinski definition) is 5. The van der Waals surface area contributed by atoms with Crippen molar-refractivity contribution in [3.05, 3.63) is 0 Å². The van der Waals surface area contributed by atoms with Crippen LogP contribution in [0.1, 0.15) is 13.8 Å². The molecule has 0 spiro atoms. The minimum Gasteiger partial charge on any atom is -0.481 e. The molecule has 1 atom stereocenters. The molecule has 110 valence electrons. The number of aliphatic hydroxyl groups excluding tert-OH is 2. The summed E-state index contributed by atoms with van der Waals surface area (Å²) in [7, 11) is 0. The topological polar surface area (TPSA) is 115 Å². The fourth-order valence-electron chi connectivity index (χ4n) is 0.243. The third-order valence-electron chi connectivity index (χ3n) is 0.650. The molecule has 6 nitrogen and oxygen atoms in total. The predicted molar refractivity (Wildman–Crippen MR) is 58.2 cm³/mol. The maximum atomic E-state index is 11.3. The molecule has 1 unspecified atom stereocenters. The van der Waals surface area contributed by atoms with E-state index >= 15 is 0 Å². The lowest BCUT2D eigenvalue weighted by Crippen LogP contribution is -2.17. The molecule has 0 aliphatic heterocycles. The number of carboxylic acids is 2. The molecule has 0 fully saturated rings. The molecule has 0 heterocycles. The van der Waals surface area contributed by atoms with Crippen molar-refractivity contribution in [2.24, 2.45) is 0 Å². The average molecular weight is 296 g/mol. The first kappa shape index (κ1) is 22.2. The highest BCUT2D eigenvalue weighted by atomic mass is 32.2. The number of aliphatic carboxylic acids is 2. The highest BCUT2D eigenvalue weighted by Crippen LogP contribution is 2.30. The zero-order valence-electron chi connectivity index (χ0n) is 9.64. The summed E-state index contributed by atoms with van der Waals surface area (Å²) in [6.07, 6.45) is -1.29. The smallest absolute Gasteiger partial charge is 0.441 e. The van der Waals surface area contributed by atoms with E-state index in [1.54, 1.807) is 0 Å². The van der Waals surface area contributed by atoms with Crippen molar-refractivity contribution in [1.29, 1.82) is 0 Å². The van der Waals surface area contributed by atoms with Crippen molar-refractivity contribution in [3.63, 3.8) is 0 Å². The molecule has 18 heavy (non-hydrogen) atoms. The van der Waals surface area contributed by atoms with Gasteiger partial charge < -0.3 is 20.4 Å². The summed E-state index contributed by atoms with van der Waals surface area (Å²) in [5.74, 6) is -2.18. The summed E-state index contributed by atoms with van der Waals surface area (Å²) in [4.78, 5) is 18.0. The van der Waals surface area contributed by atoms with Gasteiger partial charge in [-0.05, 0) is 11.8 Å². The van der Waals surface area contributed by atoms with E-state index in [-0.39, 0.29) is 11.8 Å². The normalized spacial score (nSPS) is 11.3. The first-order valence-corrected chi connectivity index (χ1v) is 5.29. The van der Waals surface area contributed by atoms with Gasteiger partial charge in [-0.15, -0.1) is 0 Å². The van der Waals surface area contributed by atoms with Crippen LogP contribution in [0, 0.1) is 0 Å². The molecule has 0 bridgehead atoms. The Morgan fingerprint density at radius 2 is 1.44 bits per heavy atom. The van der Waals surface area contributed by atoms with Crippen LogP contribution >= 0.6 is 11.8 Å². The largest absolute Gasteiger partial charge is 0.481 e. The highest BCUT2D eigenvalue weighted by Gasteiger charge is 2.28. The Morgan fingerprint density at radius 3 is 1.61 bits per heavy atom. The van der Waals surface area contributed by atoms with Gasteiger partial charge in [-0.3, -0.25) is 9.59 Å². The maximum Gasteiger partial charge on any atom is 0.441 e. The molecule has 0 aromatic rings. The molecular weight excluding hydrogens is 281 g/mol. The second-order valence-corrected chi connectivity index (χ2v) is 3.72. The first-order valence-electron chi connectivity index (χ1n) is 4.31. The number of halogens is 3. The van der Waals surface area contributed by atoms with Gasteiger partial charge in [-0.1, -0.05) is 0 Å². The Morgan fingerprint density at radius 1 is 1.17 bits per heavy atom. The predicted octanol–water partition coefficient (Wildman–Crippen LogP) is 0.774. The molecule has 0 aliphatic rings. The maximum absolute atomic E-state index is 11.3. The minimum atomic E-state index is -4.32. The average Bonchev–Trinajstić information content (AvgIpc) is 2.11. The molecule has 0 aromatic heterocycles. The van der Waals surface area contributed by atoms with E-state index in [1.807, 2.05) is 0 Å². The van der Waals surface area contributed by atoms with E-state index in [2.05, 4.69) is 0 Å². The van der Waals surface area contributed by atoms with Gasteiger partial charge in [0.1, 0.15) is 0 Å². The van der Waals surface area contributed by atoms with Crippen LogP contribution in [0.2, 0.25) is 0 Å². The van der Waals surface area contributed by atoms with E-state index in [0.717, 1.165) is 13.8 Å². The third kappa shape index (κ3) is 60.0. The van der Waals surface area contributed by atoms with Gasteiger partial charge >= 0.3 is 5.51 Å². The molecule has 0 rings (SSSR count). The van der Waals surface area contributed by atoms with E-state index in [1.165, 1.54) is 0 Å². The minimum absolute atomic E-state index is 0.344. The van der Waals surface area contributed by atoms with Crippen LogP contribution in [0.25, 0.3) is 0 Å². The summed E-state index contributed by atoms with van der Waals surface area (Å²) in [6, 6.07) is 0. The molecule has 0 saturated carbocycles.